The number of rotatable bonds is 36. The van der Waals surface area contributed by atoms with Gasteiger partial charge in [0.15, 0.2) is 6.10 Å². The molecule has 0 bridgehead atoms. The molecule has 0 rings (SSSR count). The van der Waals surface area contributed by atoms with Gasteiger partial charge >= 0.3 is 17.9 Å². The smallest absolute Gasteiger partial charge is 0.306 e. The summed E-state index contributed by atoms with van der Waals surface area (Å²) in [6.45, 7) is 6.22. The van der Waals surface area contributed by atoms with Crippen molar-refractivity contribution in [2.24, 2.45) is 0 Å². The third-order valence-corrected chi connectivity index (χ3v) is 8.59. The van der Waals surface area contributed by atoms with Crippen molar-refractivity contribution in [3.63, 3.8) is 0 Å². The van der Waals surface area contributed by atoms with E-state index in [1.807, 2.05) is 6.92 Å². The molecule has 1 unspecified atom stereocenters. The molecule has 0 aliphatic carbocycles. The minimum atomic E-state index is -0.774. The molecule has 0 aliphatic heterocycles. The standard InChI is InChI=1S/C43H76O6/c1-4-7-9-11-13-15-17-19-21-23-25-27-29-31-33-36-42(45)48-39-40(38-47-41(44)35-6-3)49-43(46)37-34-32-30-28-26-24-22-20-18-16-14-12-10-8-5-2/h14,16,19-22,40H,4-13,15,17-18,23-39H2,1-3H3/b16-14-,21-19-,22-20-. The lowest BCUT2D eigenvalue weighted by Crippen LogP contribution is -2.30. The SMILES string of the molecule is CCCCC/C=C\C/C=C\CCCCCCCC(=O)OC(COC(=O)CCC)COC(=O)CCCCCCC/C=C\CCCCCCCC. The summed E-state index contributed by atoms with van der Waals surface area (Å²) < 4.78 is 16.3. The number of allylic oxidation sites excluding steroid dienone is 6. The van der Waals surface area contributed by atoms with E-state index in [0.29, 0.717) is 25.7 Å². The minimum absolute atomic E-state index is 0.0861. The van der Waals surface area contributed by atoms with Crippen LogP contribution in [0, 0.1) is 0 Å². The molecule has 0 N–H and O–H groups in total. The second kappa shape index (κ2) is 38.4. The molecule has 49 heavy (non-hydrogen) atoms. The van der Waals surface area contributed by atoms with Crippen molar-refractivity contribution in [3.05, 3.63) is 36.5 Å². The van der Waals surface area contributed by atoms with E-state index in [4.69, 9.17) is 14.2 Å². The van der Waals surface area contributed by atoms with E-state index in [2.05, 4.69) is 50.3 Å². The normalized spacial score (nSPS) is 12.3. The Balaban J connectivity index is 4.06. The first-order chi connectivity index (χ1) is 24.0. The van der Waals surface area contributed by atoms with Crippen LogP contribution in [0.15, 0.2) is 36.5 Å². The summed E-state index contributed by atoms with van der Waals surface area (Å²) in [5.74, 6) is -0.973. The number of unbranched alkanes of at least 4 members (excludes halogenated alkanes) is 19. The Hall–Kier alpha value is -2.37. The molecule has 0 radical (unpaired) electrons. The van der Waals surface area contributed by atoms with E-state index in [-0.39, 0.29) is 31.1 Å². The first-order valence-corrected chi connectivity index (χ1v) is 20.5. The lowest BCUT2D eigenvalue weighted by atomic mass is 10.1. The van der Waals surface area contributed by atoms with Crippen LogP contribution in [0.25, 0.3) is 0 Å². The molecule has 0 aromatic carbocycles. The van der Waals surface area contributed by atoms with Gasteiger partial charge in [0.1, 0.15) is 13.2 Å². The largest absolute Gasteiger partial charge is 0.462 e. The third kappa shape index (κ3) is 36.7. The highest BCUT2D eigenvalue weighted by molar-refractivity contribution is 5.71. The molecular weight excluding hydrogens is 612 g/mol. The van der Waals surface area contributed by atoms with Crippen molar-refractivity contribution in [1.29, 1.82) is 0 Å². The van der Waals surface area contributed by atoms with Gasteiger partial charge in [-0.1, -0.05) is 141 Å². The van der Waals surface area contributed by atoms with Gasteiger partial charge in [-0.15, -0.1) is 0 Å². The Labute approximate surface area is 302 Å². The fourth-order valence-corrected chi connectivity index (χ4v) is 5.50. The van der Waals surface area contributed by atoms with Gasteiger partial charge in [0.2, 0.25) is 0 Å². The zero-order valence-electron chi connectivity index (χ0n) is 32.2. The first kappa shape index (κ1) is 46.6. The molecule has 0 aromatic heterocycles. The van der Waals surface area contributed by atoms with Crippen LogP contribution in [-0.4, -0.2) is 37.2 Å². The molecule has 1 atom stereocenters. The molecule has 0 fully saturated rings. The number of hydrogen-bond acceptors (Lipinski definition) is 6. The molecular formula is C43H76O6. The molecule has 6 heteroatoms. The monoisotopic (exact) mass is 689 g/mol. The van der Waals surface area contributed by atoms with Gasteiger partial charge in [-0.25, -0.2) is 0 Å². The van der Waals surface area contributed by atoms with Crippen molar-refractivity contribution < 1.29 is 28.6 Å². The Morgan fingerprint density at radius 2 is 0.776 bits per heavy atom. The Bertz CT molecular complexity index is 845. The molecule has 0 saturated heterocycles. The van der Waals surface area contributed by atoms with Gasteiger partial charge in [0.25, 0.3) is 0 Å². The van der Waals surface area contributed by atoms with Gasteiger partial charge in [-0.05, 0) is 77.0 Å². The topological polar surface area (TPSA) is 78.9 Å². The predicted molar refractivity (Wildman–Crippen MR) is 206 cm³/mol. The summed E-state index contributed by atoms with van der Waals surface area (Å²) in [7, 11) is 0. The van der Waals surface area contributed by atoms with Gasteiger partial charge in [0.05, 0.1) is 0 Å². The number of hydrogen-bond donors (Lipinski definition) is 0. The van der Waals surface area contributed by atoms with E-state index in [0.717, 1.165) is 70.6 Å². The minimum Gasteiger partial charge on any atom is -0.462 e. The number of carbonyl (C=O) groups excluding carboxylic acids is 3. The first-order valence-electron chi connectivity index (χ1n) is 20.5. The highest BCUT2D eigenvalue weighted by Crippen LogP contribution is 2.12. The number of carbonyl (C=O) groups is 3. The van der Waals surface area contributed by atoms with Crippen molar-refractivity contribution in [3.8, 4) is 0 Å². The van der Waals surface area contributed by atoms with Gasteiger partial charge in [0, 0.05) is 19.3 Å². The highest BCUT2D eigenvalue weighted by atomic mass is 16.6. The maximum atomic E-state index is 12.5. The Morgan fingerprint density at radius 3 is 1.27 bits per heavy atom. The highest BCUT2D eigenvalue weighted by Gasteiger charge is 2.19. The molecule has 0 aromatic rings. The zero-order chi connectivity index (χ0) is 35.9. The molecule has 6 nitrogen and oxygen atoms in total. The maximum absolute atomic E-state index is 12.5. The summed E-state index contributed by atoms with van der Waals surface area (Å²) in [5, 5.41) is 0. The van der Waals surface area contributed by atoms with Crippen molar-refractivity contribution in [1.82, 2.24) is 0 Å². The van der Waals surface area contributed by atoms with Crippen LogP contribution in [0.5, 0.6) is 0 Å². The quantitative estimate of drug-likeness (QED) is 0.0282. The zero-order valence-corrected chi connectivity index (χ0v) is 32.2. The van der Waals surface area contributed by atoms with Gasteiger partial charge < -0.3 is 14.2 Å². The second-order valence-electron chi connectivity index (χ2n) is 13.5. The summed E-state index contributed by atoms with van der Waals surface area (Å²) in [4.78, 5) is 36.7. The van der Waals surface area contributed by atoms with E-state index in [1.54, 1.807) is 0 Å². The molecule has 0 saturated carbocycles. The number of esters is 3. The second-order valence-corrected chi connectivity index (χ2v) is 13.5. The average molecular weight is 689 g/mol. The van der Waals surface area contributed by atoms with Crippen molar-refractivity contribution in [2.75, 3.05) is 13.2 Å². The van der Waals surface area contributed by atoms with Crippen molar-refractivity contribution >= 4 is 17.9 Å². The summed E-state index contributed by atoms with van der Waals surface area (Å²) >= 11 is 0. The van der Waals surface area contributed by atoms with Crippen LogP contribution in [0.3, 0.4) is 0 Å². The van der Waals surface area contributed by atoms with E-state index in [1.165, 1.54) is 83.5 Å². The molecule has 0 spiro atoms. The maximum Gasteiger partial charge on any atom is 0.306 e. The van der Waals surface area contributed by atoms with Gasteiger partial charge in [-0.3, -0.25) is 14.4 Å². The lowest BCUT2D eigenvalue weighted by molar-refractivity contribution is -0.167. The molecule has 0 heterocycles. The average Bonchev–Trinajstić information content (AvgIpc) is 3.09. The fraction of sp³-hybridized carbons (Fsp3) is 0.791. The summed E-state index contributed by atoms with van der Waals surface area (Å²) in [6.07, 6.45) is 42.6. The van der Waals surface area contributed by atoms with Crippen LogP contribution in [0.4, 0.5) is 0 Å². The third-order valence-electron chi connectivity index (χ3n) is 8.59. The predicted octanol–water partition coefficient (Wildman–Crippen LogP) is 12.6. The Kier molecular flexibility index (Phi) is 36.6. The van der Waals surface area contributed by atoms with E-state index >= 15 is 0 Å². The Morgan fingerprint density at radius 1 is 0.408 bits per heavy atom. The summed E-state index contributed by atoms with van der Waals surface area (Å²) in [5.41, 5.74) is 0. The fourth-order valence-electron chi connectivity index (χ4n) is 5.50. The number of ether oxygens (including phenoxy) is 3. The molecule has 0 amide bonds. The van der Waals surface area contributed by atoms with Crippen LogP contribution < -0.4 is 0 Å². The van der Waals surface area contributed by atoms with E-state index < -0.39 is 6.10 Å². The van der Waals surface area contributed by atoms with Crippen LogP contribution in [0.2, 0.25) is 0 Å². The van der Waals surface area contributed by atoms with Crippen LogP contribution >= 0.6 is 0 Å². The molecule has 0 aliphatic rings. The van der Waals surface area contributed by atoms with Crippen LogP contribution in [-0.2, 0) is 28.6 Å². The van der Waals surface area contributed by atoms with Crippen LogP contribution in [0.1, 0.15) is 201 Å². The van der Waals surface area contributed by atoms with Gasteiger partial charge in [-0.2, -0.15) is 0 Å². The molecule has 284 valence electrons. The lowest BCUT2D eigenvalue weighted by Gasteiger charge is -2.18. The summed E-state index contributed by atoms with van der Waals surface area (Å²) in [6, 6.07) is 0. The van der Waals surface area contributed by atoms with Crippen molar-refractivity contribution in [2.45, 2.75) is 207 Å². The van der Waals surface area contributed by atoms with E-state index in [9.17, 15) is 14.4 Å².